The highest BCUT2D eigenvalue weighted by Gasteiger charge is 2.09. The molecule has 0 atom stereocenters. The zero-order chi connectivity index (χ0) is 14.1. The van der Waals surface area contributed by atoms with Crippen LogP contribution in [0.15, 0.2) is 47.3 Å². The van der Waals surface area contributed by atoms with Gasteiger partial charge in [0.1, 0.15) is 15.9 Å². The summed E-state index contributed by atoms with van der Waals surface area (Å²) < 4.78 is 2.75. The summed E-state index contributed by atoms with van der Waals surface area (Å²) in [6.07, 6.45) is 3.41. The highest BCUT2D eigenvalue weighted by molar-refractivity contribution is 9.10. The molecule has 0 saturated carbocycles. The van der Waals surface area contributed by atoms with Gasteiger partial charge in [0, 0.05) is 12.4 Å². The molecule has 0 fully saturated rings. The maximum Gasteiger partial charge on any atom is 0.274 e. The average molecular weight is 331 g/mol. The van der Waals surface area contributed by atoms with E-state index in [1.807, 2.05) is 29.7 Å². The molecule has 0 aliphatic carbocycles. The second kappa shape index (κ2) is 5.05. The van der Waals surface area contributed by atoms with Crippen LogP contribution in [0.25, 0.3) is 5.65 Å². The Morgan fingerprint density at radius 2 is 2.15 bits per heavy atom. The Kier molecular flexibility index (Phi) is 3.23. The molecule has 0 aromatic carbocycles. The lowest BCUT2D eigenvalue weighted by Crippen LogP contribution is -2.13. The van der Waals surface area contributed by atoms with Crippen LogP contribution in [0, 0.1) is 6.92 Å². The van der Waals surface area contributed by atoms with Gasteiger partial charge < -0.3 is 5.32 Å². The highest BCUT2D eigenvalue weighted by Crippen LogP contribution is 2.20. The number of hydrogen-bond donors (Lipinski definition) is 1. The molecule has 3 aromatic rings. The number of carbonyl (C=O) groups excluding carboxylic acids is 1. The summed E-state index contributed by atoms with van der Waals surface area (Å²) in [5.74, 6) is -0.238. The molecule has 0 aliphatic rings. The number of hydrogen-bond acceptors (Lipinski definition) is 3. The minimum atomic E-state index is -0.238. The van der Waals surface area contributed by atoms with Gasteiger partial charge in [-0.2, -0.15) is 0 Å². The number of amides is 1. The van der Waals surface area contributed by atoms with Crippen LogP contribution in [-0.2, 0) is 0 Å². The number of imidazole rings is 1. The van der Waals surface area contributed by atoms with Crippen molar-refractivity contribution in [1.29, 1.82) is 0 Å². The minimum Gasteiger partial charge on any atom is -0.319 e. The topological polar surface area (TPSA) is 59.3 Å². The second-order valence-electron chi connectivity index (χ2n) is 4.30. The third-order valence-corrected chi connectivity index (χ3v) is 3.83. The lowest BCUT2D eigenvalue weighted by Gasteiger charge is -2.05. The molecule has 0 bridgehead atoms. The first-order valence-corrected chi connectivity index (χ1v) is 6.81. The second-order valence-corrected chi connectivity index (χ2v) is 5.05. The van der Waals surface area contributed by atoms with E-state index >= 15 is 0 Å². The molecule has 0 saturated heterocycles. The number of pyridine rings is 2. The van der Waals surface area contributed by atoms with Crippen molar-refractivity contribution in [2.75, 3.05) is 5.32 Å². The fraction of sp³-hybridized carbons (Fsp3) is 0.0714. The number of carbonyl (C=O) groups is 1. The van der Waals surface area contributed by atoms with Crippen molar-refractivity contribution in [3.05, 3.63) is 58.7 Å². The van der Waals surface area contributed by atoms with Crippen molar-refractivity contribution in [2.45, 2.75) is 6.92 Å². The van der Waals surface area contributed by atoms with Crippen LogP contribution in [0.4, 0.5) is 5.69 Å². The summed E-state index contributed by atoms with van der Waals surface area (Å²) in [5.41, 5.74) is 2.79. The van der Waals surface area contributed by atoms with Crippen LogP contribution >= 0.6 is 15.9 Å². The number of aromatic nitrogens is 3. The first kappa shape index (κ1) is 12.8. The molecule has 20 heavy (non-hydrogen) atoms. The van der Waals surface area contributed by atoms with Crippen molar-refractivity contribution < 1.29 is 4.79 Å². The van der Waals surface area contributed by atoms with Gasteiger partial charge in [-0.15, -0.1) is 0 Å². The minimum absolute atomic E-state index is 0.238. The van der Waals surface area contributed by atoms with Gasteiger partial charge in [0.25, 0.3) is 5.91 Å². The van der Waals surface area contributed by atoms with Gasteiger partial charge in [-0.25, -0.2) is 4.98 Å². The van der Waals surface area contributed by atoms with Crippen molar-refractivity contribution in [1.82, 2.24) is 14.4 Å². The number of nitrogens with zero attached hydrogens (tertiary/aromatic N) is 3. The SMILES string of the molecule is Cc1nc2ccc(NC(=O)c3ccccn3)cn2c1Br. The summed E-state index contributed by atoms with van der Waals surface area (Å²) in [7, 11) is 0. The maximum absolute atomic E-state index is 12.0. The Balaban J connectivity index is 1.91. The van der Waals surface area contributed by atoms with Gasteiger partial charge in [0.15, 0.2) is 0 Å². The fourth-order valence-corrected chi connectivity index (χ4v) is 2.27. The van der Waals surface area contributed by atoms with Gasteiger partial charge in [0.05, 0.1) is 11.4 Å². The molecule has 0 spiro atoms. The number of fused-ring (bicyclic) bond motifs is 1. The summed E-state index contributed by atoms with van der Waals surface area (Å²) in [6, 6.07) is 8.89. The van der Waals surface area contributed by atoms with E-state index in [9.17, 15) is 4.79 Å². The lowest BCUT2D eigenvalue weighted by molar-refractivity contribution is 0.102. The van der Waals surface area contributed by atoms with Crippen LogP contribution in [0.5, 0.6) is 0 Å². The predicted molar refractivity (Wildman–Crippen MR) is 79.8 cm³/mol. The normalized spacial score (nSPS) is 10.7. The van der Waals surface area contributed by atoms with Gasteiger partial charge in [0.2, 0.25) is 0 Å². The zero-order valence-electron chi connectivity index (χ0n) is 10.7. The average Bonchev–Trinajstić information content (AvgIpc) is 2.75. The fourth-order valence-electron chi connectivity index (χ4n) is 1.90. The van der Waals surface area contributed by atoms with Crippen LogP contribution < -0.4 is 5.32 Å². The Hall–Kier alpha value is -2.21. The molecular formula is C14H11BrN4O. The van der Waals surface area contributed by atoms with Gasteiger partial charge in [-0.05, 0) is 47.1 Å². The Morgan fingerprint density at radius 1 is 1.30 bits per heavy atom. The number of nitrogens with one attached hydrogen (secondary N) is 1. The van der Waals surface area contributed by atoms with Gasteiger partial charge in [-0.3, -0.25) is 14.2 Å². The maximum atomic E-state index is 12.0. The number of halogens is 1. The van der Waals surface area contributed by atoms with Crippen molar-refractivity contribution in [2.24, 2.45) is 0 Å². The molecule has 1 amide bonds. The molecule has 0 radical (unpaired) electrons. The highest BCUT2D eigenvalue weighted by atomic mass is 79.9. The molecule has 3 heterocycles. The third kappa shape index (κ3) is 2.30. The van der Waals surface area contributed by atoms with Crippen molar-refractivity contribution in [3.63, 3.8) is 0 Å². The van der Waals surface area contributed by atoms with Gasteiger partial charge >= 0.3 is 0 Å². The Labute approximate surface area is 123 Å². The first-order chi connectivity index (χ1) is 9.65. The van der Waals surface area contributed by atoms with Crippen molar-refractivity contribution in [3.8, 4) is 0 Å². The molecule has 3 rings (SSSR count). The van der Waals surface area contributed by atoms with E-state index in [2.05, 4.69) is 31.2 Å². The van der Waals surface area contributed by atoms with E-state index in [0.717, 1.165) is 15.9 Å². The third-order valence-electron chi connectivity index (χ3n) is 2.87. The summed E-state index contributed by atoms with van der Waals surface area (Å²) in [5, 5.41) is 2.82. The molecule has 6 heteroatoms. The van der Waals surface area contributed by atoms with Crippen LogP contribution in [0.3, 0.4) is 0 Å². The van der Waals surface area contributed by atoms with Crippen molar-refractivity contribution >= 4 is 33.2 Å². The van der Waals surface area contributed by atoms with E-state index < -0.39 is 0 Å². The smallest absolute Gasteiger partial charge is 0.274 e. The zero-order valence-corrected chi connectivity index (χ0v) is 12.3. The van der Waals surface area contributed by atoms with Crippen LogP contribution in [0.1, 0.15) is 16.2 Å². The summed E-state index contributed by atoms with van der Waals surface area (Å²) in [6.45, 7) is 1.92. The molecule has 1 N–H and O–H groups in total. The van der Waals surface area contributed by atoms with Crippen LogP contribution in [0.2, 0.25) is 0 Å². The molecule has 3 aromatic heterocycles. The number of aryl methyl sites for hydroxylation is 1. The molecule has 5 nitrogen and oxygen atoms in total. The van der Waals surface area contributed by atoms with E-state index in [4.69, 9.17) is 0 Å². The standard InChI is InChI=1S/C14H11BrN4O/c1-9-13(15)19-8-10(5-6-12(19)17-9)18-14(20)11-4-2-3-7-16-11/h2-8H,1H3,(H,18,20). The van der Waals surface area contributed by atoms with E-state index in [0.29, 0.717) is 11.4 Å². The monoisotopic (exact) mass is 330 g/mol. The Morgan fingerprint density at radius 3 is 2.90 bits per heavy atom. The number of rotatable bonds is 2. The first-order valence-electron chi connectivity index (χ1n) is 6.02. The largest absolute Gasteiger partial charge is 0.319 e. The lowest BCUT2D eigenvalue weighted by atomic mass is 10.3. The number of anilines is 1. The summed E-state index contributed by atoms with van der Waals surface area (Å²) in [4.78, 5) is 20.4. The van der Waals surface area contributed by atoms with Crippen LogP contribution in [-0.4, -0.2) is 20.3 Å². The van der Waals surface area contributed by atoms with E-state index in [-0.39, 0.29) is 5.91 Å². The van der Waals surface area contributed by atoms with E-state index in [1.54, 1.807) is 24.4 Å². The summed E-state index contributed by atoms with van der Waals surface area (Å²) >= 11 is 3.47. The molecule has 100 valence electrons. The predicted octanol–water partition coefficient (Wildman–Crippen LogP) is 3.05. The Bertz CT molecular complexity index is 782. The molecule has 0 unspecified atom stereocenters. The quantitative estimate of drug-likeness (QED) is 0.785. The van der Waals surface area contributed by atoms with E-state index in [1.165, 1.54) is 0 Å². The molecule has 0 aliphatic heterocycles. The van der Waals surface area contributed by atoms with Gasteiger partial charge in [-0.1, -0.05) is 6.07 Å². The molecular weight excluding hydrogens is 320 g/mol.